The molecule has 0 aromatic carbocycles. The molecule has 3 N–H and O–H groups in total. The van der Waals surface area contributed by atoms with E-state index in [9.17, 15) is 4.79 Å². The average molecular weight is 155 g/mol. The van der Waals surface area contributed by atoms with Gasteiger partial charge in [0.15, 0.2) is 0 Å². The van der Waals surface area contributed by atoms with Crippen molar-refractivity contribution in [1.82, 2.24) is 0 Å². The van der Waals surface area contributed by atoms with Gasteiger partial charge in [-0.05, 0) is 19.8 Å². The van der Waals surface area contributed by atoms with Crippen molar-refractivity contribution in [2.75, 3.05) is 0 Å². The molecule has 1 aliphatic rings. The second kappa shape index (κ2) is 2.66. The first-order valence-corrected chi connectivity index (χ1v) is 3.76. The van der Waals surface area contributed by atoms with Gasteiger partial charge in [0.25, 0.3) is 0 Å². The average Bonchev–Trinajstić information content (AvgIpc) is 1.96. The number of rotatable bonds is 2. The first kappa shape index (κ1) is 8.27. The van der Waals surface area contributed by atoms with Crippen LogP contribution in [0.4, 0.5) is 0 Å². The third kappa shape index (κ3) is 1.16. The molecule has 1 saturated carbocycles. The number of aliphatic carboxylic acids is 1. The third-order valence-corrected chi connectivity index (χ3v) is 2.35. The fourth-order valence-electron chi connectivity index (χ4n) is 1.39. The SMILES string of the molecule is C/C=C/C1CC[C@@]1(N)C(=O)O. The Kier molecular flexibility index (Phi) is 2.00. The minimum absolute atomic E-state index is 0.0324. The van der Waals surface area contributed by atoms with Gasteiger partial charge in [-0.2, -0.15) is 0 Å². The van der Waals surface area contributed by atoms with Crippen molar-refractivity contribution >= 4 is 5.97 Å². The zero-order valence-electron chi connectivity index (χ0n) is 6.58. The lowest BCUT2D eigenvalue weighted by Crippen LogP contribution is -2.60. The maximum Gasteiger partial charge on any atom is 0.324 e. The monoisotopic (exact) mass is 155 g/mol. The van der Waals surface area contributed by atoms with Crippen LogP contribution >= 0.6 is 0 Å². The van der Waals surface area contributed by atoms with Crippen LogP contribution in [0.3, 0.4) is 0 Å². The number of carboxylic acid groups (broad SMARTS) is 1. The van der Waals surface area contributed by atoms with Crippen LogP contribution in [0, 0.1) is 5.92 Å². The van der Waals surface area contributed by atoms with Crippen molar-refractivity contribution in [3.8, 4) is 0 Å². The molecule has 1 rings (SSSR count). The summed E-state index contributed by atoms with van der Waals surface area (Å²) in [6.07, 6.45) is 5.22. The molecule has 3 nitrogen and oxygen atoms in total. The fourth-order valence-corrected chi connectivity index (χ4v) is 1.39. The zero-order chi connectivity index (χ0) is 8.48. The van der Waals surface area contributed by atoms with Gasteiger partial charge in [0.1, 0.15) is 5.54 Å². The van der Waals surface area contributed by atoms with Crippen LogP contribution in [0.2, 0.25) is 0 Å². The fraction of sp³-hybridized carbons (Fsp3) is 0.625. The highest BCUT2D eigenvalue weighted by molar-refractivity contribution is 5.80. The van der Waals surface area contributed by atoms with Gasteiger partial charge in [-0.15, -0.1) is 0 Å². The molecular weight excluding hydrogens is 142 g/mol. The predicted molar refractivity (Wildman–Crippen MR) is 42.1 cm³/mol. The van der Waals surface area contributed by atoms with Gasteiger partial charge in [0.05, 0.1) is 0 Å². The van der Waals surface area contributed by atoms with Gasteiger partial charge in [0, 0.05) is 5.92 Å². The van der Waals surface area contributed by atoms with Gasteiger partial charge < -0.3 is 10.8 Å². The molecule has 1 unspecified atom stereocenters. The van der Waals surface area contributed by atoms with Crippen LogP contribution in [-0.4, -0.2) is 16.6 Å². The highest BCUT2D eigenvalue weighted by Crippen LogP contribution is 2.37. The number of hydrogen-bond donors (Lipinski definition) is 2. The molecule has 0 radical (unpaired) electrons. The maximum absolute atomic E-state index is 10.6. The number of carbonyl (C=O) groups is 1. The van der Waals surface area contributed by atoms with E-state index in [2.05, 4.69) is 0 Å². The molecule has 0 spiro atoms. The first-order chi connectivity index (χ1) is 5.11. The highest BCUT2D eigenvalue weighted by Gasteiger charge is 2.48. The van der Waals surface area contributed by atoms with E-state index in [1.54, 1.807) is 0 Å². The number of carboxylic acids is 1. The van der Waals surface area contributed by atoms with E-state index in [0.29, 0.717) is 6.42 Å². The summed E-state index contributed by atoms with van der Waals surface area (Å²) in [4.78, 5) is 10.6. The van der Waals surface area contributed by atoms with E-state index in [4.69, 9.17) is 10.8 Å². The van der Waals surface area contributed by atoms with E-state index >= 15 is 0 Å². The Morgan fingerprint density at radius 1 is 1.82 bits per heavy atom. The summed E-state index contributed by atoms with van der Waals surface area (Å²) >= 11 is 0. The standard InChI is InChI=1S/C8H13NO2/c1-2-3-6-4-5-8(6,9)7(10)11/h2-3,6H,4-5,9H2,1H3,(H,10,11)/b3-2+/t6?,8-/m0/s1. The molecule has 0 heterocycles. The quantitative estimate of drug-likeness (QED) is 0.578. The number of hydrogen-bond acceptors (Lipinski definition) is 2. The molecule has 0 aromatic rings. The Balaban J connectivity index is 2.67. The van der Waals surface area contributed by atoms with Crippen LogP contribution < -0.4 is 5.73 Å². The number of nitrogens with two attached hydrogens (primary N) is 1. The van der Waals surface area contributed by atoms with Crippen molar-refractivity contribution in [1.29, 1.82) is 0 Å². The zero-order valence-corrected chi connectivity index (χ0v) is 6.58. The van der Waals surface area contributed by atoms with Gasteiger partial charge in [-0.3, -0.25) is 4.79 Å². The summed E-state index contributed by atoms with van der Waals surface area (Å²) in [7, 11) is 0. The molecule has 1 fully saturated rings. The van der Waals surface area contributed by atoms with Crippen LogP contribution in [0.5, 0.6) is 0 Å². The van der Waals surface area contributed by atoms with Crippen molar-refractivity contribution in [2.45, 2.75) is 25.3 Å². The van der Waals surface area contributed by atoms with Crippen LogP contribution in [0.15, 0.2) is 12.2 Å². The first-order valence-electron chi connectivity index (χ1n) is 3.76. The molecule has 3 heteroatoms. The molecule has 1 aliphatic carbocycles. The van der Waals surface area contributed by atoms with E-state index in [1.807, 2.05) is 19.1 Å². The molecule has 62 valence electrons. The molecule has 11 heavy (non-hydrogen) atoms. The van der Waals surface area contributed by atoms with Crippen molar-refractivity contribution in [3.05, 3.63) is 12.2 Å². The smallest absolute Gasteiger partial charge is 0.324 e. The second-order valence-electron chi connectivity index (χ2n) is 3.02. The van der Waals surface area contributed by atoms with Crippen molar-refractivity contribution in [2.24, 2.45) is 11.7 Å². The Bertz CT molecular complexity index is 200. The molecule has 2 atom stereocenters. The second-order valence-corrected chi connectivity index (χ2v) is 3.02. The summed E-state index contributed by atoms with van der Waals surface area (Å²) in [6, 6.07) is 0. The van der Waals surface area contributed by atoms with Crippen LogP contribution in [0.1, 0.15) is 19.8 Å². The molecular formula is C8H13NO2. The minimum Gasteiger partial charge on any atom is -0.480 e. The molecule has 0 bridgehead atoms. The molecule has 0 aromatic heterocycles. The third-order valence-electron chi connectivity index (χ3n) is 2.35. The van der Waals surface area contributed by atoms with E-state index < -0.39 is 11.5 Å². The largest absolute Gasteiger partial charge is 0.480 e. The van der Waals surface area contributed by atoms with Crippen molar-refractivity contribution in [3.63, 3.8) is 0 Å². The van der Waals surface area contributed by atoms with Crippen LogP contribution in [0.25, 0.3) is 0 Å². The summed E-state index contributed by atoms with van der Waals surface area (Å²) in [5.41, 5.74) is 4.65. The lowest BCUT2D eigenvalue weighted by molar-refractivity contribution is -0.149. The predicted octanol–water partition coefficient (Wildman–Crippen LogP) is 0.755. The summed E-state index contributed by atoms with van der Waals surface area (Å²) in [6.45, 7) is 1.88. The molecule has 0 amide bonds. The van der Waals surface area contributed by atoms with Gasteiger partial charge >= 0.3 is 5.97 Å². The Morgan fingerprint density at radius 3 is 2.73 bits per heavy atom. The highest BCUT2D eigenvalue weighted by atomic mass is 16.4. The topological polar surface area (TPSA) is 63.3 Å². The van der Waals surface area contributed by atoms with E-state index in [1.165, 1.54) is 0 Å². The summed E-state index contributed by atoms with van der Waals surface area (Å²) in [5, 5.41) is 8.73. The summed E-state index contributed by atoms with van der Waals surface area (Å²) < 4.78 is 0. The Hall–Kier alpha value is -0.830. The van der Waals surface area contributed by atoms with E-state index in [-0.39, 0.29) is 5.92 Å². The Morgan fingerprint density at radius 2 is 2.45 bits per heavy atom. The number of allylic oxidation sites excluding steroid dienone is 1. The minimum atomic E-state index is -0.980. The van der Waals surface area contributed by atoms with Crippen molar-refractivity contribution < 1.29 is 9.90 Å². The summed E-state index contributed by atoms with van der Waals surface area (Å²) in [5.74, 6) is -0.850. The van der Waals surface area contributed by atoms with Crippen LogP contribution in [-0.2, 0) is 4.79 Å². The van der Waals surface area contributed by atoms with Gasteiger partial charge in [-0.25, -0.2) is 0 Å². The normalized spacial score (nSPS) is 37.1. The van der Waals surface area contributed by atoms with Gasteiger partial charge in [-0.1, -0.05) is 12.2 Å². The van der Waals surface area contributed by atoms with Gasteiger partial charge in [0.2, 0.25) is 0 Å². The molecule has 0 saturated heterocycles. The van der Waals surface area contributed by atoms with E-state index in [0.717, 1.165) is 6.42 Å². The Labute approximate surface area is 65.9 Å². The maximum atomic E-state index is 10.6. The lowest BCUT2D eigenvalue weighted by Gasteiger charge is -2.41. The lowest BCUT2D eigenvalue weighted by atomic mass is 9.67. The molecule has 0 aliphatic heterocycles.